The van der Waals surface area contributed by atoms with Crippen LogP contribution in [0.1, 0.15) is 25.3 Å². The van der Waals surface area contributed by atoms with Crippen LogP contribution >= 0.6 is 11.6 Å². The lowest BCUT2D eigenvalue weighted by Crippen LogP contribution is -2.22. The second-order valence-electron chi connectivity index (χ2n) is 4.17. The summed E-state index contributed by atoms with van der Waals surface area (Å²) in [5.41, 5.74) is 0.883. The van der Waals surface area contributed by atoms with Crippen molar-refractivity contribution >= 4 is 17.6 Å². The number of carbonyl (C=O) groups is 1. The first kappa shape index (κ1) is 14.0. The molecule has 0 aromatic heterocycles. The van der Waals surface area contributed by atoms with E-state index in [-0.39, 0.29) is 6.42 Å². The minimum absolute atomic E-state index is 0.276. The Labute approximate surface area is 106 Å². The van der Waals surface area contributed by atoms with Gasteiger partial charge < -0.3 is 10.2 Å². The van der Waals surface area contributed by atoms with E-state index in [1.807, 2.05) is 13.0 Å². The number of carboxylic acid groups (broad SMARTS) is 1. The standard InChI is InChI=1S/C13H17ClO3/c1-2-12(15)8-10(13(16)17)6-9-4-3-5-11(14)7-9/h3-5,7,10,12,15H,2,6,8H2,1H3,(H,16,17). The Morgan fingerprint density at radius 1 is 1.47 bits per heavy atom. The molecule has 2 unspecified atom stereocenters. The van der Waals surface area contributed by atoms with Gasteiger partial charge in [0.2, 0.25) is 0 Å². The quantitative estimate of drug-likeness (QED) is 0.823. The first-order valence-electron chi connectivity index (χ1n) is 5.68. The van der Waals surface area contributed by atoms with E-state index in [2.05, 4.69) is 0 Å². The molecule has 0 heterocycles. The predicted molar refractivity (Wildman–Crippen MR) is 67.2 cm³/mol. The third-order valence-electron chi connectivity index (χ3n) is 2.75. The zero-order valence-electron chi connectivity index (χ0n) is 9.77. The Hall–Kier alpha value is -1.06. The summed E-state index contributed by atoms with van der Waals surface area (Å²) in [5, 5.41) is 19.2. The maximum Gasteiger partial charge on any atom is 0.306 e. The topological polar surface area (TPSA) is 57.5 Å². The number of halogens is 1. The lowest BCUT2D eigenvalue weighted by Gasteiger charge is -2.15. The van der Waals surface area contributed by atoms with Crippen LogP contribution in [0.5, 0.6) is 0 Å². The zero-order chi connectivity index (χ0) is 12.8. The largest absolute Gasteiger partial charge is 0.481 e. The van der Waals surface area contributed by atoms with Gasteiger partial charge in [-0.05, 0) is 37.0 Å². The Bertz CT molecular complexity index is 379. The highest BCUT2D eigenvalue weighted by Gasteiger charge is 2.21. The number of carboxylic acids is 1. The highest BCUT2D eigenvalue weighted by Crippen LogP contribution is 2.18. The summed E-state index contributed by atoms with van der Waals surface area (Å²) < 4.78 is 0. The van der Waals surface area contributed by atoms with E-state index < -0.39 is 18.0 Å². The number of aliphatic hydroxyl groups excluding tert-OH is 1. The molecule has 3 nitrogen and oxygen atoms in total. The summed E-state index contributed by atoms with van der Waals surface area (Å²) in [7, 11) is 0. The van der Waals surface area contributed by atoms with Crippen molar-refractivity contribution in [3.8, 4) is 0 Å². The molecule has 0 saturated heterocycles. The molecule has 0 aliphatic rings. The fourth-order valence-electron chi connectivity index (χ4n) is 1.72. The molecule has 4 heteroatoms. The van der Waals surface area contributed by atoms with Gasteiger partial charge in [-0.1, -0.05) is 30.7 Å². The van der Waals surface area contributed by atoms with Crippen LogP contribution in [0.3, 0.4) is 0 Å². The molecule has 0 radical (unpaired) electrons. The van der Waals surface area contributed by atoms with Crippen molar-refractivity contribution < 1.29 is 15.0 Å². The molecular weight excluding hydrogens is 240 g/mol. The second-order valence-corrected chi connectivity index (χ2v) is 4.60. The van der Waals surface area contributed by atoms with E-state index in [9.17, 15) is 9.90 Å². The van der Waals surface area contributed by atoms with Gasteiger partial charge in [-0.25, -0.2) is 0 Å². The van der Waals surface area contributed by atoms with Gasteiger partial charge in [-0.15, -0.1) is 0 Å². The highest BCUT2D eigenvalue weighted by molar-refractivity contribution is 6.30. The van der Waals surface area contributed by atoms with Crippen molar-refractivity contribution in [3.05, 3.63) is 34.9 Å². The number of benzene rings is 1. The Kier molecular flexibility index (Phi) is 5.45. The molecule has 0 aliphatic carbocycles. The van der Waals surface area contributed by atoms with Gasteiger partial charge in [-0.3, -0.25) is 4.79 Å². The minimum Gasteiger partial charge on any atom is -0.481 e. The molecule has 2 atom stereocenters. The first-order chi connectivity index (χ1) is 8.02. The van der Waals surface area contributed by atoms with Crippen LogP contribution in [0.15, 0.2) is 24.3 Å². The molecule has 1 aromatic carbocycles. The molecule has 0 saturated carbocycles. The average Bonchev–Trinajstić information content (AvgIpc) is 2.27. The van der Waals surface area contributed by atoms with Crippen molar-refractivity contribution in [3.63, 3.8) is 0 Å². The van der Waals surface area contributed by atoms with Crippen molar-refractivity contribution in [2.45, 2.75) is 32.3 Å². The third-order valence-corrected chi connectivity index (χ3v) is 2.98. The van der Waals surface area contributed by atoms with Crippen LogP contribution in [0.2, 0.25) is 5.02 Å². The summed E-state index contributed by atoms with van der Waals surface area (Å²) in [6.07, 6.45) is 0.681. The number of rotatable bonds is 6. The molecule has 1 rings (SSSR count). The molecule has 0 spiro atoms. The van der Waals surface area contributed by atoms with Crippen LogP contribution in [-0.4, -0.2) is 22.3 Å². The highest BCUT2D eigenvalue weighted by atomic mass is 35.5. The Morgan fingerprint density at radius 2 is 2.18 bits per heavy atom. The summed E-state index contributed by atoms with van der Waals surface area (Å²) in [4.78, 5) is 11.1. The summed E-state index contributed by atoms with van der Waals surface area (Å²) in [6.45, 7) is 1.84. The molecular formula is C13H17ClO3. The average molecular weight is 257 g/mol. The maximum absolute atomic E-state index is 11.1. The third kappa shape index (κ3) is 4.75. The van der Waals surface area contributed by atoms with Crippen LogP contribution in [-0.2, 0) is 11.2 Å². The lowest BCUT2D eigenvalue weighted by atomic mass is 9.93. The monoisotopic (exact) mass is 256 g/mol. The molecule has 94 valence electrons. The van der Waals surface area contributed by atoms with Crippen LogP contribution in [0.25, 0.3) is 0 Å². The van der Waals surface area contributed by atoms with Crippen molar-refractivity contribution in [2.24, 2.45) is 5.92 Å². The zero-order valence-corrected chi connectivity index (χ0v) is 10.5. The SMILES string of the molecule is CCC(O)CC(Cc1cccc(Cl)c1)C(=O)O. The summed E-state index contributed by atoms with van der Waals surface area (Å²) in [6, 6.07) is 7.16. The van der Waals surface area contributed by atoms with Crippen molar-refractivity contribution in [2.75, 3.05) is 0 Å². The summed E-state index contributed by atoms with van der Waals surface area (Å²) in [5.74, 6) is -1.44. The number of hydrogen-bond donors (Lipinski definition) is 2. The fourth-order valence-corrected chi connectivity index (χ4v) is 1.93. The molecule has 2 N–H and O–H groups in total. The van der Waals surface area contributed by atoms with Gasteiger partial charge in [0.15, 0.2) is 0 Å². The van der Waals surface area contributed by atoms with E-state index in [0.29, 0.717) is 17.9 Å². The van der Waals surface area contributed by atoms with Crippen molar-refractivity contribution in [1.29, 1.82) is 0 Å². The fraction of sp³-hybridized carbons (Fsp3) is 0.462. The molecule has 0 fully saturated rings. The number of hydrogen-bond acceptors (Lipinski definition) is 2. The number of aliphatic hydroxyl groups is 1. The summed E-state index contributed by atoms with van der Waals surface area (Å²) >= 11 is 5.84. The molecule has 17 heavy (non-hydrogen) atoms. The normalized spacial score (nSPS) is 14.3. The van der Waals surface area contributed by atoms with E-state index in [4.69, 9.17) is 16.7 Å². The van der Waals surface area contributed by atoms with Crippen LogP contribution < -0.4 is 0 Å². The Balaban J connectivity index is 2.70. The smallest absolute Gasteiger partial charge is 0.306 e. The van der Waals surface area contributed by atoms with Gasteiger partial charge in [0, 0.05) is 5.02 Å². The molecule has 0 aliphatic heterocycles. The van der Waals surface area contributed by atoms with Gasteiger partial charge in [-0.2, -0.15) is 0 Å². The second kappa shape index (κ2) is 6.62. The van der Waals surface area contributed by atoms with Crippen LogP contribution in [0, 0.1) is 5.92 Å². The van der Waals surface area contributed by atoms with Gasteiger partial charge >= 0.3 is 5.97 Å². The number of aliphatic carboxylic acids is 1. The van der Waals surface area contributed by atoms with Crippen LogP contribution in [0.4, 0.5) is 0 Å². The van der Waals surface area contributed by atoms with Gasteiger partial charge in [0.25, 0.3) is 0 Å². The van der Waals surface area contributed by atoms with Gasteiger partial charge in [0.05, 0.1) is 12.0 Å². The molecule has 0 amide bonds. The Morgan fingerprint density at radius 3 is 2.71 bits per heavy atom. The first-order valence-corrected chi connectivity index (χ1v) is 6.06. The predicted octanol–water partition coefficient (Wildman–Crippen LogP) is 2.74. The van der Waals surface area contributed by atoms with E-state index >= 15 is 0 Å². The molecule has 1 aromatic rings. The van der Waals surface area contributed by atoms with E-state index in [0.717, 1.165) is 5.56 Å². The van der Waals surface area contributed by atoms with E-state index in [1.165, 1.54) is 0 Å². The van der Waals surface area contributed by atoms with E-state index in [1.54, 1.807) is 18.2 Å². The lowest BCUT2D eigenvalue weighted by molar-refractivity contribution is -0.142. The van der Waals surface area contributed by atoms with Gasteiger partial charge in [0.1, 0.15) is 0 Å². The molecule has 0 bridgehead atoms. The maximum atomic E-state index is 11.1. The minimum atomic E-state index is -0.877. The van der Waals surface area contributed by atoms with Crippen molar-refractivity contribution in [1.82, 2.24) is 0 Å².